The molecule has 3 rings (SSSR count). The molecule has 128 valence electrons. The van der Waals surface area contributed by atoms with Crippen LogP contribution in [-0.2, 0) is 19.5 Å². The van der Waals surface area contributed by atoms with Gasteiger partial charge in [0.1, 0.15) is 5.82 Å². The highest BCUT2D eigenvalue weighted by molar-refractivity contribution is 5.74. The molecule has 2 heterocycles. The molecule has 6 heteroatoms. The van der Waals surface area contributed by atoms with Crippen molar-refractivity contribution in [1.82, 2.24) is 25.4 Å². The summed E-state index contributed by atoms with van der Waals surface area (Å²) in [6.07, 6.45) is 8.17. The Kier molecular flexibility index (Phi) is 5.18. The lowest BCUT2D eigenvalue weighted by Crippen LogP contribution is -2.48. The number of urea groups is 1. The fraction of sp³-hybridized carbons (Fsp3) is 0.824. The van der Waals surface area contributed by atoms with Gasteiger partial charge in [-0.25, -0.2) is 4.79 Å². The summed E-state index contributed by atoms with van der Waals surface area (Å²) in [5, 5.41) is 14.6. The van der Waals surface area contributed by atoms with Crippen LogP contribution in [-0.4, -0.2) is 26.8 Å². The number of aryl methyl sites for hydroxylation is 1. The van der Waals surface area contributed by atoms with Crippen molar-refractivity contribution in [2.24, 2.45) is 11.8 Å². The SMILES string of the molecule is CC(C)[C@H]1CCCC[C@@H]1NC(=O)NCc1nnc2n1CCCC2. The van der Waals surface area contributed by atoms with E-state index < -0.39 is 0 Å². The van der Waals surface area contributed by atoms with Gasteiger partial charge in [-0.2, -0.15) is 0 Å². The Morgan fingerprint density at radius 2 is 2.04 bits per heavy atom. The summed E-state index contributed by atoms with van der Waals surface area (Å²) in [5.74, 6) is 3.14. The zero-order valence-electron chi connectivity index (χ0n) is 14.3. The smallest absolute Gasteiger partial charge is 0.315 e. The summed E-state index contributed by atoms with van der Waals surface area (Å²) in [5.41, 5.74) is 0. The minimum atomic E-state index is -0.0734. The predicted octanol–water partition coefficient (Wildman–Crippen LogP) is 2.63. The van der Waals surface area contributed by atoms with Crippen molar-refractivity contribution in [2.75, 3.05) is 0 Å². The summed E-state index contributed by atoms with van der Waals surface area (Å²) < 4.78 is 2.15. The summed E-state index contributed by atoms with van der Waals surface area (Å²) in [6.45, 7) is 5.94. The van der Waals surface area contributed by atoms with E-state index in [0.29, 0.717) is 24.4 Å². The van der Waals surface area contributed by atoms with Crippen LogP contribution in [0.1, 0.15) is 64.0 Å². The van der Waals surface area contributed by atoms with E-state index in [0.717, 1.165) is 31.0 Å². The Morgan fingerprint density at radius 3 is 2.87 bits per heavy atom. The first-order chi connectivity index (χ1) is 11.1. The number of carbonyl (C=O) groups excluding carboxylic acids is 1. The molecule has 1 aromatic rings. The molecule has 2 aliphatic rings. The minimum absolute atomic E-state index is 0.0734. The second-order valence-corrected chi connectivity index (χ2v) is 7.27. The summed E-state index contributed by atoms with van der Waals surface area (Å²) in [6, 6.07) is 0.228. The molecule has 0 radical (unpaired) electrons. The van der Waals surface area contributed by atoms with Crippen LogP contribution < -0.4 is 10.6 Å². The fourth-order valence-electron chi connectivity index (χ4n) is 4.01. The van der Waals surface area contributed by atoms with Crippen LogP contribution in [0.4, 0.5) is 4.79 Å². The van der Waals surface area contributed by atoms with Gasteiger partial charge in [-0.1, -0.05) is 26.7 Å². The highest BCUT2D eigenvalue weighted by Gasteiger charge is 2.28. The van der Waals surface area contributed by atoms with Crippen molar-refractivity contribution in [3.8, 4) is 0 Å². The van der Waals surface area contributed by atoms with Crippen LogP contribution in [0.5, 0.6) is 0 Å². The Morgan fingerprint density at radius 1 is 1.22 bits per heavy atom. The average Bonchev–Trinajstić information content (AvgIpc) is 2.96. The van der Waals surface area contributed by atoms with Crippen LogP contribution in [0.2, 0.25) is 0 Å². The predicted molar refractivity (Wildman–Crippen MR) is 88.9 cm³/mol. The third-order valence-electron chi connectivity index (χ3n) is 5.34. The normalized spacial score (nSPS) is 24.3. The number of rotatable bonds is 4. The van der Waals surface area contributed by atoms with Crippen LogP contribution in [0.3, 0.4) is 0 Å². The maximum atomic E-state index is 12.3. The molecule has 1 fully saturated rings. The van der Waals surface area contributed by atoms with E-state index in [1.54, 1.807) is 0 Å². The fourth-order valence-corrected chi connectivity index (χ4v) is 4.01. The second-order valence-electron chi connectivity index (χ2n) is 7.27. The van der Waals surface area contributed by atoms with Crippen molar-refractivity contribution in [3.05, 3.63) is 11.6 Å². The van der Waals surface area contributed by atoms with Crippen molar-refractivity contribution < 1.29 is 4.79 Å². The molecule has 0 saturated heterocycles. The van der Waals surface area contributed by atoms with Gasteiger partial charge in [0.25, 0.3) is 0 Å². The number of hydrogen-bond acceptors (Lipinski definition) is 3. The molecule has 1 saturated carbocycles. The van der Waals surface area contributed by atoms with Gasteiger partial charge < -0.3 is 15.2 Å². The largest absolute Gasteiger partial charge is 0.335 e. The van der Waals surface area contributed by atoms with E-state index >= 15 is 0 Å². The van der Waals surface area contributed by atoms with Gasteiger partial charge in [0, 0.05) is 19.0 Å². The average molecular weight is 319 g/mol. The van der Waals surface area contributed by atoms with Gasteiger partial charge in [0.05, 0.1) is 6.54 Å². The van der Waals surface area contributed by atoms with E-state index in [1.807, 2.05) is 0 Å². The van der Waals surface area contributed by atoms with E-state index in [2.05, 4.69) is 39.2 Å². The molecule has 0 spiro atoms. The first-order valence-electron chi connectivity index (χ1n) is 9.10. The molecule has 0 bridgehead atoms. The zero-order valence-corrected chi connectivity index (χ0v) is 14.3. The number of amides is 2. The van der Waals surface area contributed by atoms with Crippen LogP contribution in [0.25, 0.3) is 0 Å². The Hall–Kier alpha value is -1.59. The minimum Gasteiger partial charge on any atom is -0.335 e. The molecule has 1 aromatic heterocycles. The van der Waals surface area contributed by atoms with Gasteiger partial charge in [-0.3, -0.25) is 0 Å². The third kappa shape index (κ3) is 3.85. The molecule has 23 heavy (non-hydrogen) atoms. The van der Waals surface area contributed by atoms with Crippen LogP contribution in [0, 0.1) is 11.8 Å². The topological polar surface area (TPSA) is 71.8 Å². The molecular weight excluding hydrogens is 290 g/mol. The number of hydrogen-bond donors (Lipinski definition) is 2. The zero-order chi connectivity index (χ0) is 16.2. The van der Waals surface area contributed by atoms with Crippen LogP contribution >= 0.6 is 0 Å². The van der Waals surface area contributed by atoms with Crippen molar-refractivity contribution in [3.63, 3.8) is 0 Å². The number of aromatic nitrogens is 3. The lowest BCUT2D eigenvalue weighted by atomic mass is 9.78. The maximum Gasteiger partial charge on any atom is 0.315 e. The Labute approximate surface area is 138 Å². The maximum absolute atomic E-state index is 12.3. The molecule has 2 amide bonds. The third-order valence-corrected chi connectivity index (χ3v) is 5.34. The molecule has 1 aliphatic carbocycles. The number of fused-ring (bicyclic) bond motifs is 1. The number of nitrogens with zero attached hydrogens (tertiary/aromatic N) is 3. The highest BCUT2D eigenvalue weighted by Crippen LogP contribution is 2.30. The lowest BCUT2D eigenvalue weighted by molar-refractivity contribution is 0.194. The number of nitrogens with one attached hydrogen (secondary N) is 2. The van der Waals surface area contributed by atoms with Crippen LogP contribution in [0.15, 0.2) is 0 Å². The summed E-state index contributed by atoms with van der Waals surface area (Å²) in [4.78, 5) is 12.3. The molecule has 2 atom stereocenters. The molecular formula is C17H29N5O. The van der Waals surface area contributed by atoms with Gasteiger partial charge in [0.15, 0.2) is 5.82 Å². The first-order valence-corrected chi connectivity index (χ1v) is 9.10. The molecule has 1 aliphatic heterocycles. The Balaban J connectivity index is 1.52. The summed E-state index contributed by atoms with van der Waals surface area (Å²) >= 11 is 0. The van der Waals surface area contributed by atoms with Crippen molar-refractivity contribution in [1.29, 1.82) is 0 Å². The lowest BCUT2D eigenvalue weighted by Gasteiger charge is -2.34. The molecule has 0 aromatic carbocycles. The highest BCUT2D eigenvalue weighted by atomic mass is 16.2. The molecule has 2 N–H and O–H groups in total. The standard InChI is InChI=1S/C17H29N5O/c1-12(2)13-7-3-4-8-14(13)19-17(23)18-11-16-21-20-15-9-5-6-10-22(15)16/h12-14H,3-11H2,1-2H3,(H2,18,19,23)/t13-,14+/m1/s1. The van der Waals surface area contributed by atoms with Gasteiger partial charge in [0.2, 0.25) is 0 Å². The van der Waals surface area contributed by atoms with E-state index in [1.165, 1.54) is 32.1 Å². The summed E-state index contributed by atoms with van der Waals surface area (Å²) in [7, 11) is 0. The molecule has 6 nitrogen and oxygen atoms in total. The van der Waals surface area contributed by atoms with E-state index in [4.69, 9.17) is 0 Å². The van der Waals surface area contributed by atoms with E-state index in [9.17, 15) is 4.79 Å². The second kappa shape index (κ2) is 7.32. The Bertz CT molecular complexity index is 539. The molecule has 0 unspecified atom stereocenters. The van der Waals surface area contributed by atoms with Crippen molar-refractivity contribution in [2.45, 2.75) is 77.9 Å². The van der Waals surface area contributed by atoms with Crippen molar-refractivity contribution >= 4 is 6.03 Å². The quantitative estimate of drug-likeness (QED) is 0.896. The van der Waals surface area contributed by atoms with Gasteiger partial charge in [-0.05, 0) is 37.5 Å². The van der Waals surface area contributed by atoms with Gasteiger partial charge >= 0.3 is 6.03 Å². The first kappa shape index (κ1) is 16.3. The van der Waals surface area contributed by atoms with E-state index in [-0.39, 0.29) is 6.03 Å². The van der Waals surface area contributed by atoms with Gasteiger partial charge in [-0.15, -0.1) is 10.2 Å². The monoisotopic (exact) mass is 319 g/mol. The number of carbonyl (C=O) groups is 1.